The number of rotatable bonds is 4. The number of hydrogen-bond donors (Lipinski definition) is 0. The molecule has 6 rings (SSSR count). The second-order valence-electron chi connectivity index (χ2n) is 9.28. The minimum absolute atomic E-state index is 0.515. The Morgan fingerprint density at radius 1 is 0.471 bits per heavy atom. The minimum Gasteiger partial charge on any atom is -0.309 e. The van der Waals surface area contributed by atoms with Gasteiger partial charge < -0.3 is 4.57 Å². The van der Waals surface area contributed by atoms with Gasteiger partial charge in [-0.05, 0) is 58.0 Å². The zero-order valence-corrected chi connectivity index (χ0v) is 19.6. The molecule has 1 heterocycles. The van der Waals surface area contributed by atoms with Crippen LogP contribution in [0.5, 0.6) is 0 Å². The van der Waals surface area contributed by atoms with Gasteiger partial charge in [-0.25, -0.2) is 0 Å². The molecule has 0 bridgehead atoms. The van der Waals surface area contributed by atoms with Gasteiger partial charge in [0.25, 0.3) is 0 Å². The molecule has 0 fully saturated rings. The van der Waals surface area contributed by atoms with Crippen molar-refractivity contribution in [2.24, 2.45) is 0 Å². The smallest absolute Gasteiger partial charge is 0.0547 e. The molecule has 6 aromatic rings. The van der Waals surface area contributed by atoms with E-state index in [0.29, 0.717) is 5.92 Å². The van der Waals surface area contributed by atoms with E-state index in [2.05, 4.69) is 140 Å². The lowest BCUT2D eigenvalue weighted by Crippen LogP contribution is -1.95. The van der Waals surface area contributed by atoms with E-state index in [1.54, 1.807) is 0 Å². The van der Waals surface area contributed by atoms with Crippen LogP contribution >= 0.6 is 0 Å². The largest absolute Gasteiger partial charge is 0.309 e. The molecule has 0 saturated heterocycles. The number of nitrogens with zero attached hydrogens (tertiary/aromatic N) is 1. The van der Waals surface area contributed by atoms with Crippen LogP contribution in [0.25, 0.3) is 49.7 Å². The fourth-order valence-electron chi connectivity index (χ4n) is 4.93. The topological polar surface area (TPSA) is 4.93 Å². The predicted octanol–water partition coefficient (Wildman–Crippen LogP) is 9.24. The normalized spacial score (nSPS) is 11.5. The van der Waals surface area contributed by atoms with Crippen molar-refractivity contribution in [2.75, 3.05) is 0 Å². The van der Waals surface area contributed by atoms with E-state index in [0.717, 1.165) is 0 Å². The van der Waals surface area contributed by atoms with Crippen LogP contribution in [-0.2, 0) is 0 Å². The summed E-state index contributed by atoms with van der Waals surface area (Å²) in [6.07, 6.45) is 0. The van der Waals surface area contributed by atoms with Gasteiger partial charge in [-0.2, -0.15) is 0 Å². The molecule has 0 aliphatic carbocycles. The lowest BCUT2D eigenvalue weighted by Gasteiger charge is -2.12. The van der Waals surface area contributed by atoms with Crippen molar-refractivity contribution in [3.63, 3.8) is 0 Å². The second-order valence-corrected chi connectivity index (χ2v) is 9.28. The van der Waals surface area contributed by atoms with Crippen molar-refractivity contribution >= 4 is 21.8 Å². The molecule has 0 atom stereocenters. The SMILES string of the molecule is CC(C)c1ccc(-n2c3cc(-c4ccccc4)ccc3c3ccc(-c4ccccc4)cc32)cc1. The van der Waals surface area contributed by atoms with Crippen LogP contribution in [0.2, 0.25) is 0 Å². The van der Waals surface area contributed by atoms with E-state index in [9.17, 15) is 0 Å². The van der Waals surface area contributed by atoms with Gasteiger partial charge in [0.1, 0.15) is 0 Å². The molecule has 0 unspecified atom stereocenters. The first kappa shape index (κ1) is 20.5. The zero-order chi connectivity index (χ0) is 23.1. The van der Waals surface area contributed by atoms with Crippen LogP contribution < -0.4 is 0 Å². The van der Waals surface area contributed by atoms with E-state index < -0.39 is 0 Å². The minimum atomic E-state index is 0.515. The Morgan fingerprint density at radius 2 is 0.941 bits per heavy atom. The first-order chi connectivity index (χ1) is 16.7. The Hall–Kier alpha value is -4.10. The molecule has 0 amide bonds. The average molecular weight is 438 g/mol. The zero-order valence-electron chi connectivity index (χ0n) is 19.6. The first-order valence-corrected chi connectivity index (χ1v) is 12.0. The lowest BCUT2D eigenvalue weighted by atomic mass is 10.0. The molecule has 0 aliphatic heterocycles. The molecular formula is C33H27N. The standard InChI is InChI=1S/C33H27N/c1-23(2)24-13-17-29(18-14-24)34-32-21-27(25-9-5-3-6-10-25)15-19-30(32)31-20-16-28(22-33(31)34)26-11-7-4-8-12-26/h3-23H,1-2H3. The molecule has 0 saturated carbocycles. The molecule has 0 N–H and O–H groups in total. The van der Waals surface area contributed by atoms with Crippen LogP contribution in [0, 0.1) is 0 Å². The Labute approximate surface area is 200 Å². The van der Waals surface area contributed by atoms with Crippen molar-refractivity contribution in [3.05, 3.63) is 127 Å². The summed E-state index contributed by atoms with van der Waals surface area (Å²) in [5, 5.41) is 2.56. The van der Waals surface area contributed by atoms with Gasteiger partial charge in [-0.15, -0.1) is 0 Å². The first-order valence-electron chi connectivity index (χ1n) is 12.0. The summed E-state index contributed by atoms with van der Waals surface area (Å²) in [5.41, 5.74) is 9.97. The Bertz CT molecular complexity index is 1490. The van der Waals surface area contributed by atoms with Gasteiger partial charge in [-0.1, -0.05) is 111 Å². The maximum absolute atomic E-state index is 2.42. The molecule has 164 valence electrons. The van der Waals surface area contributed by atoms with Crippen LogP contribution in [0.1, 0.15) is 25.3 Å². The highest BCUT2D eigenvalue weighted by molar-refractivity contribution is 6.11. The molecule has 0 aliphatic rings. The van der Waals surface area contributed by atoms with Gasteiger partial charge in [0.15, 0.2) is 0 Å². The molecular weight excluding hydrogens is 410 g/mol. The second kappa shape index (κ2) is 8.35. The Balaban J connectivity index is 1.64. The molecule has 0 radical (unpaired) electrons. The van der Waals surface area contributed by atoms with Crippen molar-refractivity contribution in [3.8, 4) is 27.9 Å². The summed E-state index contributed by atoms with van der Waals surface area (Å²) < 4.78 is 2.42. The van der Waals surface area contributed by atoms with Crippen molar-refractivity contribution in [1.29, 1.82) is 0 Å². The van der Waals surface area contributed by atoms with E-state index >= 15 is 0 Å². The Kier molecular flexibility index (Phi) is 5.04. The number of benzene rings is 5. The van der Waals surface area contributed by atoms with Crippen molar-refractivity contribution in [1.82, 2.24) is 4.57 Å². The van der Waals surface area contributed by atoms with Crippen molar-refractivity contribution < 1.29 is 0 Å². The number of fused-ring (bicyclic) bond motifs is 3. The van der Waals surface area contributed by atoms with Gasteiger partial charge >= 0.3 is 0 Å². The highest BCUT2D eigenvalue weighted by Gasteiger charge is 2.15. The fraction of sp³-hybridized carbons (Fsp3) is 0.0909. The lowest BCUT2D eigenvalue weighted by molar-refractivity contribution is 0.866. The average Bonchev–Trinajstić information content (AvgIpc) is 3.22. The molecule has 5 aromatic carbocycles. The summed E-state index contributed by atoms with van der Waals surface area (Å²) >= 11 is 0. The highest BCUT2D eigenvalue weighted by Crippen LogP contribution is 2.37. The number of aromatic nitrogens is 1. The molecule has 1 heteroatoms. The maximum Gasteiger partial charge on any atom is 0.0547 e. The predicted molar refractivity (Wildman–Crippen MR) is 146 cm³/mol. The van der Waals surface area contributed by atoms with Gasteiger partial charge in [-0.3, -0.25) is 0 Å². The summed E-state index contributed by atoms with van der Waals surface area (Å²) in [6, 6.07) is 44.0. The van der Waals surface area contributed by atoms with E-state index in [-0.39, 0.29) is 0 Å². The van der Waals surface area contributed by atoms with E-state index in [1.807, 2.05) is 0 Å². The third-order valence-corrected chi connectivity index (χ3v) is 6.80. The Morgan fingerprint density at radius 3 is 1.38 bits per heavy atom. The van der Waals surface area contributed by atoms with E-state index in [1.165, 1.54) is 55.3 Å². The van der Waals surface area contributed by atoms with Crippen LogP contribution in [0.3, 0.4) is 0 Å². The quantitative estimate of drug-likeness (QED) is 0.259. The summed E-state index contributed by atoms with van der Waals surface area (Å²) in [7, 11) is 0. The molecule has 1 nitrogen and oxygen atoms in total. The summed E-state index contributed by atoms with van der Waals surface area (Å²) in [6.45, 7) is 4.49. The summed E-state index contributed by atoms with van der Waals surface area (Å²) in [5.74, 6) is 0.515. The van der Waals surface area contributed by atoms with Gasteiger partial charge in [0, 0.05) is 16.5 Å². The van der Waals surface area contributed by atoms with Gasteiger partial charge in [0.05, 0.1) is 11.0 Å². The summed E-state index contributed by atoms with van der Waals surface area (Å²) in [4.78, 5) is 0. The van der Waals surface area contributed by atoms with Crippen molar-refractivity contribution in [2.45, 2.75) is 19.8 Å². The van der Waals surface area contributed by atoms with Gasteiger partial charge in [0.2, 0.25) is 0 Å². The molecule has 1 aromatic heterocycles. The maximum atomic E-state index is 2.42. The highest BCUT2D eigenvalue weighted by atomic mass is 15.0. The number of hydrogen-bond acceptors (Lipinski definition) is 0. The van der Waals surface area contributed by atoms with E-state index in [4.69, 9.17) is 0 Å². The van der Waals surface area contributed by atoms with Crippen LogP contribution in [-0.4, -0.2) is 4.57 Å². The molecule has 34 heavy (non-hydrogen) atoms. The van der Waals surface area contributed by atoms with Crippen LogP contribution in [0.15, 0.2) is 121 Å². The third kappa shape index (κ3) is 3.50. The third-order valence-electron chi connectivity index (χ3n) is 6.80. The molecule has 0 spiro atoms. The van der Waals surface area contributed by atoms with Crippen LogP contribution in [0.4, 0.5) is 0 Å². The monoisotopic (exact) mass is 437 g/mol. The fourth-order valence-corrected chi connectivity index (χ4v) is 4.93.